The van der Waals surface area contributed by atoms with Gasteiger partial charge in [-0.15, -0.1) is 0 Å². The first-order valence-corrected chi connectivity index (χ1v) is 7.66. The Morgan fingerprint density at radius 1 is 0.889 bits per heavy atom. The van der Waals surface area contributed by atoms with E-state index in [1.165, 1.54) is 68.2 Å². The van der Waals surface area contributed by atoms with Crippen LogP contribution in [0.15, 0.2) is 12.3 Å². The third-order valence-corrected chi connectivity index (χ3v) is 3.59. The molecule has 102 valence electrons. The zero-order chi connectivity index (χ0) is 13.2. The van der Waals surface area contributed by atoms with Crippen LogP contribution in [0.3, 0.4) is 0 Å². The Labute approximate surface area is 113 Å². The van der Waals surface area contributed by atoms with E-state index in [0.717, 1.165) is 6.42 Å². The fourth-order valence-electron chi connectivity index (χ4n) is 2.43. The van der Waals surface area contributed by atoms with Gasteiger partial charge in [0.2, 0.25) is 0 Å². The van der Waals surface area contributed by atoms with E-state index < -0.39 is 0 Å². The summed E-state index contributed by atoms with van der Waals surface area (Å²) in [6.07, 6.45) is 14.2. The number of aromatic nitrogens is 1. The number of rotatable bonds is 9. The lowest BCUT2D eigenvalue weighted by Gasteiger charge is -2.05. The molecule has 1 nitrogen and oxygen atoms in total. The van der Waals surface area contributed by atoms with Crippen molar-refractivity contribution in [3.05, 3.63) is 29.1 Å². The highest BCUT2D eigenvalue weighted by Gasteiger charge is 2.00. The Morgan fingerprint density at radius 2 is 1.50 bits per heavy atom. The molecule has 0 aromatic carbocycles. The van der Waals surface area contributed by atoms with E-state index >= 15 is 0 Å². The lowest BCUT2D eigenvalue weighted by atomic mass is 10.0. The molecule has 0 fully saturated rings. The average molecular weight is 247 g/mol. The van der Waals surface area contributed by atoms with Crippen LogP contribution in [-0.4, -0.2) is 4.98 Å². The summed E-state index contributed by atoms with van der Waals surface area (Å²) in [4.78, 5) is 4.54. The fraction of sp³-hybridized carbons (Fsp3) is 0.706. The third kappa shape index (κ3) is 6.18. The molecule has 1 heteroatoms. The number of pyridine rings is 1. The smallest absolute Gasteiger partial charge is 0.0432 e. The molecule has 0 saturated heterocycles. The molecule has 0 unspecified atom stereocenters. The molecule has 1 rings (SSSR count). The molecule has 0 radical (unpaired) electrons. The quantitative estimate of drug-likeness (QED) is 0.534. The number of aryl methyl sites for hydroxylation is 3. The number of hydrogen-bond donors (Lipinski definition) is 0. The molecule has 0 aliphatic heterocycles. The van der Waals surface area contributed by atoms with Crippen molar-refractivity contribution in [3.8, 4) is 0 Å². The largest absolute Gasteiger partial charge is 0.261 e. The molecule has 0 spiro atoms. The first-order chi connectivity index (χ1) is 8.74. The van der Waals surface area contributed by atoms with E-state index in [-0.39, 0.29) is 0 Å². The molecule has 0 N–H and O–H groups in total. The summed E-state index contributed by atoms with van der Waals surface area (Å²) in [5.74, 6) is 0. The molecule has 0 aliphatic carbocycles. The van der Waals surface area contributed by atoms with Gasteiger partial charge in [-0.1, -0.05) is 57.9 Å². The highest BCUT2D eigenvalue weighted by Crippen LogP contribution is 2.13. The van der Waals surface area contributed by atoms with Crippen molar-refractivity contribution in [1.82, 2.24) is 4.98 Å². The minimum atomic E-state index is 1.15. The van der Waals surface area contributed by atoms with Gasteiger partial charge < -0.3 is 0 Å². The van der Waals surface area contributed by atoms with Crippen LogP contribution in [0, 0.1) is 13.8 Å². The van der Waals surface area contributed by atoms with Crippen molar-refractivity contribution >= 4 is 0 Å². The Kier molecular flexibility index (Phi) is 7.71. The van der Waals surface area contributed by atoms with Gasteiger partial charge in [0.05, 0.1) is 0 Å². The van der Waals surface area contributed by atoms with Crippen LogP contribution in [0.25, 0.3) is 0 Å². The average Bonchev–Trinajstić information content (AvgIpc) is 2.35. The van der Waals surface area contributed by atoms with E-state index in [1.54, 1.807) is 0 Å². The van der Waals surface area contributed by atoms with Crippen LogP contribution in [0.5, 0.6) is 0 Å². The molecule has 18 heavy (non-hydrogen) atoms. The Hall–Kier alpha value is -0.850. The second-order valence-electron chi connectivity index (χ2n) is 5.50. The monoisotopic (exact) mass is 247 g/mol. The Balaban J connectivity index is 2.07. The summed E-state index contributed by atoms with van der Waals surface area (Å²) in [5, 5.41) is 0. The highest BCUT2D eigenvalue weighted by molar-refractivity contribution is 5.23. The maximum Gasteiger partial charge on any atom is 0.0432 e. The molecule has 0 atom stereocenters. The van der Waals surface area contributed by atoms with Gasteiger partial charge in [0.25, 0.3) is 0 Å². The number of nitrogens with zero attached hydrogens (tertiary/aromatic N) is 1. The van der Waals surface area contributed by atoms with Crippen molar-refractivity contribution in [1.29, 1.82) is 0 Å². The zero-order valence-electron chi connectivity index (χ0n) is 12.5. The van der Waals surface area contributed by atoms with Gasteiger partial charge in [-0.25, -0.2) is 0 Å². The van der Waals surface area contributed by atoms with Crippen LogP contribution in [0.2, 0.25) is 0 Å². The number of hydrogen-bond acceptors (Lipinski definition) is 1. The van der Waals surface area contributed by atoms with Crippen LogP contribution in [0.1, 0.15) is 75.1 Å². The minimum absolute atomic E-state index is 1.15. The van der Waals surface area contributed by atoms with Crippen molar-refractivity contribution in [2.45, 2.75) is 78.6 Å². The maximum absolute atomic E-state index is 4.54. The molecule has 0 bridgehead atoms. The summed E-state index contributed by atoms with van der Waals surface area (Å²) in [6.45, 7) is 6.57. The summed E-state index contributed by atoms with van der Waals surface area (Å²) in [6, 6.07) is 2.24. The SMILES string of the molecule is CCCCCCCCCCc1ncc(C)cc1C. The van der Waals surface area contributed by atoms with Gasteiger partial charge in [-0.05, 0) is 37.8 Å². The second kappa shape index (κ2) is 9.13. The zero-order valence-corrected chi connectivity index (χ0v) is 12.5. The van der Waals surface area contributed by atoms with Crippen molar-refractivity contribution in [2.24, 2.45) is 0 Å². The Morgan fingerprint density at radius 3 is 2.11 bits per heavy atom. The third-order valence-electron chi connectivity index (χ3n) is 3.59. The van der Waals surface area contributed by atoms with Crippen molar-refractivity contribution in [2.75, 3.05) is 0 Å². The van der Waals surface area contributed by atoms with Gasteiger partial charge in [0, 0.05) is 11.9 Å². The first-order valence-electron chi connectivity index (χ1n) is 7.66. The summed E-state index contributed by atoms with van der Waals surface area (Å²) in [7, 11) is 0. The molecule has 1 aromatic heterocycles. The summed E-state index contributed by atoms with van der Waals surface area (Å²) in [5.41, 5.74) is 3.93. The van der Waals surface area contributed by atoms with Gasteiger partial charge in [-0.2, -0.15) is 0 Å². The Bertz CT molecular complexity index is 330. The van der Waals surface area contributed by atoms with Gasteiger partial charge in [0.15, 0.2) is 0 Å². The summed E-state index contributed by atoms with van der Waals surface area (Å²) < 4.78 is 0. The predicted molar refractivity (Wildman–Crippen MR) is 80.0 cm³/mol. The predicted octanol–water partition coefficient (Wildman–Crippen LogP) is 5.38. The van der Waals surface area contributed by atoms with E-state index in [9.17, 15) is 0 Å². The fourth-order valence-corrected chi connectivity index (χ4v) is 2.43. The van der Waals surface area contributed by atoms with E-state index in [0.29, 0.717) is 0 Å². The minimum Gasteiger partial charge on any atom is -0.261 e. The summed E-state index contributed by atoms with van der Waals surface area (Å²) >= 11 is 0. The van der Waals surface area contributed by atoms with Crippen LogP contribution in [0.4, 0.5) is 0 Å². The van der Waals surface area contributed by atoms with E-state index in [2.05, 4.69) is 31.8 Å². The van der Waals surface area contributed by atoms with Crippen molar-refractivity contribution in [3.63, 3.8) is 0 Å². The second-order valence-corrected chi connectivity index (χ2v) is 5.50. The van der Waals surface area contributed by atoms with E-state index in [1.807, 2.05) is 6.20 Å². The van der Waals surface area contributed by atoms with Gasteiger partial charge >= 0.3 is 0 Å². The van der Waals surface area contributed by atoms with Gasteiger partial charge in [0.1, 0.15) is 0 Å². The molecular formula is C17H29N. The van der Waals surface area contributed by atoms with Crippen LogP contribution < -0.4 is 0 Å². The van der Waals surface area contributed by atoms with Crippen LogP contribution >= 0.6 is 0 Å². The van der Waals surface area contributed by atoms with Crippen molar-refractivity contribution < 1.29 is 0 Å². The molecule has 0 amide bonds. The maximum atomic E-state index is 4.54. The highest BCUT2D eigenvalue weighted by atomic mass is 14.7. The molecular weight excluding hydrogens is 218 g/mol. The lowest BCUT2D eigenvalue weighted by molar-refractivity contribution is 0.573. The molecule has 0 aliphatic rings. The molecule has 0 saturated carbocycles. The van der Waals surface area contributed by atoms with E-state index in [4.69, 9.17) is 0 Å². The number of unbranched alkanes of at least 4 members (excludes halogenated alkanes) is 7. The molecule has 1 aromatic rings. The topological polar surface area (TPSA) is 12.9 Å². The van der Waals surface area contributed by atoms with Gasteiger partial charge in [-0.3, -0.25) is 4.98 Å². The first kappa shape index (κ1) is 15.2. The standard InChI is InChI=1S/C17H29N/c1-4-5-6-7-8-9-10-11-12-17-16(3)13-15(2)14-18-17/h13-14H,4-12H2,1-3H3. The normalized spacial score (nSPS) is 10.8. The molecule has 1 heterocycles. The van der Waals surface area contributed by atoms with Crippen LogP contribution in [-0.2, 0) is 6.42 Å². The lowest BCUT2D eigenvalue weighted by Crippen LogP contribution is -1.95.